The summed E-state index contributed by atoms with van der Waals surface area (Å²) in [6, 6.07) is -0.243. The van der Waals surface area contributed by atoms with Crippen LogP contribution >= 0.6 is 0 Å². The van der Waals surface area contributed by atoms with E-state index in [1.165, 1.54) is 0 Å². The van der Waals surface area contributed by atoms with Crippen molar-refractivity contribution in [1.29, 1.82) is 0 Å². The predicted molar refractivity (Wildman–Crippen MR) is 51.8 cm³/mol. The smallest absolute Gasteiger partial charge is 0.0991 e. The Morgan fingerprint density at radius 1 is 1.14 bits per heavy atom. The van der Waals surface area contributed by atoms with Gasteiger partial charge in [0.25, 0.3) is 0 Å². The number of piperidine rings is 1. The van der Waals surface area contributed by atoms with Crippen molar-refractivity contribution in [2.75, 3.05) is 13.1 Å². The molecule has 4 heteroatoms. The number of hydrogen-bond acceptors (Lipinski definition) is 4. The van der Waals surface area contributed by atoms with E-state index >= 15 is 0 Å². The van der Waals surface area contributed by atoms with Crippen LogP contribution in [0.5, 0.6) is 0 Å². The molecule has 82 valence electrons. The molecule has 0 aliphatic carbocycles. The lowest BCUT2D eigenvalue weighted by Crippen LogP contribution is -2.51. The number of nitrogens with zero attached hydrogens (tertiary/aromatic N) is 1. The highest BCUT2D eigenvalue weighted by Crippen LogP contribution is 2.31. The normalized spacial score (nSPS) is 49.3. The van der Waals surface area contributed by atoms with Gasteiger partial charge in [-0.25, -0.2) is 0 Å². The van der Waals surface area contributed by atoms with E-state index in [1.54, 1.807) is 0 Å². The molecular formula is C10H19NO3. The highest BCUT2D eigenvalue weighted by atomic mass is 16.3. The molecule has 2 saturated heterocycles. The molecule has 0 spiro atoms. The van der Waals surface area contributed by atoms with Gasteiger partial charge in [0.05, 0.1) is 24.4 Å². The highest BCUT2D eigenvalue weighted by molar-refractivity contribution is 5.00. The molecule has 0 bridgehead atoms. The van der Waals surface area contributed by atoms with E-state index in [4.69, 9.17) is 0 Å². The SMILES string of the molecule is CC[C@H]1C[C@@H](O)[C@@H]2C(O)C(O)CN2C1. The summed E-state index contributed by atoms with van der Waals surface area (Å²) in [6.45, 7) is 3.51. The molecule has 2 heterocycles. The van der Waals surface area contributed by atoms with E-state index in [0.717, 1.165) is 19.4 Å². The second-order valence-electron chi connectivity index (χ2n) is 4.58. The first-order valence-electron chi connectivity index (χ1n) is 5.41. The summed E-state index contributed by atoms with van der Waals surface area (Å²) in [6.07, 6.45) is -0.151. The van der Waals surface area contributed by atoms with E-state index in [9.17, 15) is 15.3 Å². The van der Waals surface area contributed by atoms with E-state index in [-0.39, 0.29) is 6.04 Å². The molecule has 2 rings (SSSR count). The topological polar surface area (TPSA) is 63.9 Å². The molecular weight excluding hydrogens is 182 g/mol. The molecule has 0 radical (unpaired) electrons. The van der Waals surface area contributed by atoms with Crippen LogP contribution in [-0.4, -0.2) is 57.7 Å². The van der Waals surface area contributed by atoms with Crippen molar-refractivity contribution in [3.8, 4) is 0 Å². The molecule has 14 heavy (non-hydrogen) atoms. The van der Waals surface area contributed by atoms with Crippen LogP contribution in [0.15, 0.2) is 0 Å². The van der Waals surface area contributed by atoms with Crippen molar-refractivity contribution < 1.29 is 15.3 Å². The summed E-state index contributed by atoms with van der Waals surface area (Å²) in [5, 5.41) is 29.0. The number of fused-ring (bicyclic) bond motifs is 1. The Morgan fingerprint density at radius 3 is 2.50 bits per heavy atom. The van der Waals surface area contributed by atoms with Gasteiger partial charge < -0.3 is 15.3 Å². The first kappa shape index (κ1) is 10.4. The van der Waals surface area contributed by atoms with Gasteiger partial charge in [0.15, 0.2) is 0 Å². The molecule has 0 aromatic rings. The third-order valence-electron chi connectivity index (χ3n) is 3.63. The minimum absolute atomic E-state index is 0.243. The van der Waals surface area contributed by atoms with Crippen LogP contribution in [0.2, 0.25) is 0 Å². The van der Waals surface area contributed by atoms with Crippen molar-refractivity contribution in [2.24, 2.45) is 5.92 Å². The molecule has 0 saturated carbocycles. The van der Waals surface area contributed by atoms with E-state index in [2.05, 4.69) is 6.92 Å². The number of aliphatic hydroxyl groups is 3. The van der Waals surface area contributed by atoms with Crippen LogP contribution in [0.4, 0.5) is 0 Å². The first-order chi connectivity index (χ1) is 6.63. The number of rotatable bonds is 1. The van der Waals surface area contributed by atoms with Gasteiger partial charge >= 0.3 is 0 Å². The molecule has 2 aliphatic heterocycles. The van der Waals surface area contributed by atoms with Crippen LogP contribution in [0, 0.1) is 5.92 Å². The van der Waals surface area contributed by atoms with Gasteiger partial charge in [-0.2, -0.15) is 0 Å². The van der Waals surface area contributed by atoms with Gasteiger partial charge in [0.1, 0.15) is 0 Å². The zero-order valence-corrected chi connectivity index (χ0v) is 8.50. The number of aliphatic hydroxyl groups excluding tert-OH is 3. The minimum Gasteiger partial charge on any atom is -0.391 e. The Labute approximate surface area is 84.2 Å². The Balaban J connectivity index is 2.08. The van der Waals surface area contributed by atoms with Gasteiger partial charge in [0, 0.05) is 13.1 Å². The van der Waals surface area contributed by atoms with E-state index in [0.29, 0.717) is 12.5 Å². The second-order valence-corrected chi connectivity index (χ2v) is 4.58. The summed E-state index contributed by atoms with van der Waals surface area (Å²) >= 11 is 0. The lowest BCUT2D eigenvalue weighted by atomic mass is 9.88. The average Bonchev–Trinajstić information content (AvgIpc) is 2.43. The lowest BCUT2D eigenvalue weighted by molar-refractivity contribution is -0.0433. The van der Waals surface area contributed by atoms with Crippen LogP contribution in [0.3, 0.4) is 0 Å². The molecule has 2 fully saturated rings. The minimum atomic E-state index is -0.775. The molecule has 2 aliphatic rings. The van der Waals surface area contributed by atoms with Crippen LogP contribution in [0.1, 0.15) is 19.8 Å². The third-order valence-corrected chi connectivity index (χ3v) is 3.63. The van der Waals surface area contributed by atoms with Crippen LogP contribution in [0.25, 0.3) is 0 Å². The maximum absolute atomic E-state index is 9.86. The summed E-state index contributed by atoms with van der Waals surface area (Å²) in [5.74, 6) is 0.499. The first-order valence-corrected chi connectivity index (χ1v) is 5.41. The molecule has 4 nitrogen and oxygen atoms in total. The van der Waals surface area contributed by atoms with Crippen LogP contribution < -0.4 is 0 Å². The standard InChI is InChI=1S/C10H19NO3/c1-2-6-3-7(12)9-10(14)8(13)5-11(9)4-6/h6-10,12-14H,2-5H2,1H3/t6-,7+,8?,9+,10?/m0/s1. The van der Waals surface area contributed by atoms with Crippen LogP contribution in [-0.2, 0) is 0 Å². The van der Waals surface area contributed by atoms with Gasteiger partial charge in [-0.1, -0.05) is 13.3 Å². The monoisotopic (exact) mass is 201 g/mol. The zero-order valence-electron chi connectivity index (χ0n) is 8.50. The largest absolute Gasteiger partial charge is 0.391 e. The van der Waals surface area contributed by atoms with Gasteiger partial charge in [0.2, 0.25) is 0 Å². The Kier molecular flexibility index (Phi) is 2.79. The summed E-state index contributed by atoms with van der Waals surface area (Å²) < 4.78 is 0. The Morgan fingerprint density at radius 2 is 1.86 bits per heavy atom. The fraction of sp³-hybridized carbons (Fsp3) is 1.00. The van der Waals surface area contributed by atoms with Crippen molar-refractivity contribution in [3.63, 3.8) is 0 Å². The number of hydrogen-bond donors (Lipinski definition) is 3. The predicted octanol–water partition coefficient (Wildman–Crippen LogP) is -0.817. The van der Waals surface area contributed by atoms with E-state index in [1.807, 2.05) is 4.90 Å². The highest BCUT2D eigenvalue weighted by Gasteiger charge is 2.47. The van der Waals surface area contributed by atoms with Gasteiger partial charge in [-0.15, -0.1) is 0 Å². The fourth-order valence-corrected chi connectivity index (χ4v) is 2.76. The molecule has 0 aromatic carbocycles. The maximum Gasteiger partial charge on any atom is 0.0991 e. The third kappa shape index (κ3) is 1.56. The summed E-state index contributed by atoms with van der Waals surface area (Å²) in [7, 11) is 0. The Bertz CT molecular complexity index is 212. The second kappa shape index (κ2) is 3.77. The quantitative estimate of drug-likeness (QED) is 0.519. The summed E-state index contributed by atoms with van der Waals surface area (Å²) in [4.78, 5) is 2.03. The van der Waals surface area contributed by atoms with Crippen molar-refractivity contribution >= 4 is 0 Å². The lowest BCUT2D eigenvalue weighted by Gasteiger charge is -2.39. The van der Waals surface area contributed by atoms with Crippen molar-refractivity contribution in [3.05, 3.63) is 0 Å². The molecule has 0 aromatic heterocycles. The van der Waals surface area contributed by atoms with E-state index < -0.39 is 18.3 Å². The van der Waals surface area contributed by atoms with Crippen molar-refractivity contribution in [1.82, 2.24) is 4.90 Å². The molecule has 3 N–H and O–H groups in total. The molecule has 5 atom stereocenters. The molecule has 0 amide bonds. The average molecular weight is 201 g/mol. The zero-order chi connectivity index (χ0) is 10.3. The fourth-order valence-electron chi connectivity index (χ4n) is 2.76. The maximum atomic E-state index is 9.86. The van der Waals surface area contributed by atoms with Gasteiger partial charge in [-0.05, 0) is 12.3 Å². The summed E-state index contributed by atoms with van der Waals surface area (Å²) in [5.41, 5.74) is 0. The molecule has 2 unspecified atom stereocenters. The van der Waals surface area contributed by atoms with Crippen molar-refractivity contribution in [2.45, 2.75) is 44.1 Å². The van der Waals surface area contributed by atoms with Gasteiger partial charge in [-0.3, -0.25) is 4.90 Å². The Hall–Kier alpha value is -0.160.